The van der Waals surface area contributed by atoms with Crippen LogP contribution in [-0.4, -0.2) is 35.2 Å². The van der Waals surface area contributed by atoms with E-state index in [1.54, 1.807) is 6.07 Å². The largest absolute Gasteiger partial charge is 0.465 e. The topological polar surface area (TPSA) is 93.4 Å². The van der Waals surface area contributed by atoms with Crippen molar-refractivity contribution < 1.29 is 14.7 Å². The number of carbonyl (C=O) groups excluding carboxylic acids is 1. The molecule has 0 atom stereocenters. The summed E-state index contributed by atoms with van der Waals surface area (Å²) in [5.41, 5.74) is 0. The van der Waals surface area contributed by atoms with Crippen LogP contribution in [0.15, 0.2) is 0 Å². The standard InChI is InChI=1S/C12H19N3O3/c13-7-8-14-11(16)15(12(17)18)9-6-10-4-2-1-3-5-10/h10H,1-6,8-9H2,(H,14,16)(H,17,18). The maximum Gasteiger partial charge on any atom is 0.415 e. The molecule has 1 rings (SSSR count). The molecule has 1 saturated carbocycles. The number of hydrogen-bond acceptors (Lipinski definition) is 3. The molecule has 6 heteroatoms. The van der Waals surface area contributed by atoms with E-state index in [0.717, 1.165) is 17.7 Å². The molecule has 1 fully saturated rings. The van der Waals surface area contributed by atoms with E-state index in [2.05, 4.69) is 5.32 Å². The summed E-state index contributed by atoms with van der Waals surface area (Å²) in [6.07, 6.45) is 5.33. The smallest absolute Gasteiger partial charge is 0.415 e. The zero-order valence-electron chi connectivity index (χ0n) is 10.4. The Balaban J connectivity index is 2.39. The molecule has 0 saturated heterocycles. The number of nitrogens with zero attached hydrogens (tertiary/aromatic N) is 2. The van der Waals surface area contributed by atoms with Gasteiger partial charge in [-0.05, 0) is 12.3 Å². The fourth-order valence-electron chi connectivity index (χ4n) is 2.28. The van der Waals surface area contributed by atoms with Crippen molar-refractivity contribution in [3.63, 3.8) is 0 Å². The molecule has 0 aliphatic heterocycles. The highest BCUT2D eigenvalue weighted by atomic mass is 16.4. The molecule has 2 N–H and O–H groups in total. The third kappa shape index (κ3) is 4.62. The van der Waals surface area contributed by atoms with Crippen LogP contribution in [0.2, 0.25) is 0 Å². The minimum atomic E-state index is -1.26. The molecule has 1 aliphatic carbocycles. The van der Waals surface area contributed by atoms with Crippen molar-refractivity contribution in [2.45, 2.75) is 38.5 Å². The van der Waals surface area contributed by atoms with Gasteiger partial charge in [-0.2, -0.15) is 5.26 Å². The maximum atomic E-state index is 11.5. The first-order chi connectivity index (χ1) is 8.65. The van der Waals surface area contributed by atoms with Crippen LogP contribution in [0.3, 0.4) is 0 Å². The first-order valence-electron chi connectivity index (χ1n) is 6.30. The van der Waals surface area contributed by atoms with Gasteiger partial charge in [0.05, 0.1) is 6.07 Å². The Morgan fingerprint density at radius 3 is 2.56 bits per heavy atom. The van der Waals surface area contributed by atoms with Crippen molar-refractivity contribution in [3.8, 4) is 6.07 Å². The summed E-state index contributed by atoms with van der Waals surface area (Å²) < 4.78 is 0. The number of amides is 3. The highest BCUT2D eigenvalue weighted by molar-refractivity contribution is 5.90. The predicted molar refractivity (Wildman–Crippen MR) is 64.9 cm³/mol. The maximum absolute atomic E-state index is 11.5. The van der Waals surface area contributed by atoms with Gasteiger partial charge < -0.3 is 10.4 Å². The zero-order chi connectivity index (χ0) is 13.4. The first-order valence-corrected chi connectivity index (χ1v) is 6.30. The Morgan fingerprint density at radius 1 is 1.33 bits per heavy atom. The summed E-state index contributed by atoms with van der Waals surface area (Å²) in [7, 11) is 0. The van der Waals surface area contributed by atoms with Gasteiger partial charge in [0.2, 0.25) is 0 Å². The molecular weight excluding hydrogens is 234 g/mol. The second-order valence-electron chi connectivity index (χ2n) is 4.54. The average molecular weight is 253 g/mol. The van der Waals surface area contributed by atoms with E-state index >= 15 is 0 Å². The molecule has 0 heterocycles. The number of imide groups is 1. The molecule has 18 heavy (non-hydrogen) atoms. The van der Waals surface area contributed by atoms with Crippen molar-refractivity contribution in [3.05, 3.63) is 0 Å². The number of carbonyl (C=O) groups is 2. The fourth-order valence-corrected chi connectivity index (χ4v) is 2.28. The monoisotopic (exact) mass is 253 g/mol. The Hall–Kier alpha value is -1.77. The van der Waals surface area contributed by atoms with E-state index in [1.165, 1.54) is 19.3 Å². The van der Waals surface area contributed by atoms with Gasteiger partial charge in [-0.15, -0.1) is 0 Å². The lowest BCUT2D eigenvalue weighted by Crippen LogP contribution is -2.44. The molecule has 0 aromatic rings. The Bertz CT molecular complexity index is 332. The van der Waals surface area contributed by atoms with Crippen molar-refractivity contribution in [1.29, 1.82) is 5.26 Å². The van der Waals surface area contributed by atoms with Crippen LogP contribution in [0.1, 0.15) is 38.5 Å². The minimum Gasteiger partial charge on any atom is -0.465 e. The lowest BCUT2D eigenvalue weighted by atomic mass is 9.87. The Morgan fingerprint density at radius 2 is 2.00 bits per heavy atom. The molecular formula is C12H19N3O3. The van der Waals surface area contributed by atoms with Gasteiger partial charge in [0.25, 0.3) is 0 Å². The highest BCUT2D eigenvalue weighted by Crippen LogP contribution is 2.26. The Kier molecular flexibility index (Phi) is 5.98. The van der Waals surface area contributed by atoms with E-state index < -0.39 is 12.1 Å². The summed E-state index contributed by atoms with van der Waals surface area (Å²) in [4.78, 5) is 23.2. The van der Waals surface area contributed by atoms with Crippen LogP contribution in [0.5, 0.6) is 0 Å². The molecule has 0 radical (unpaired) electrons. The van der Waals surface area contributed by atoms with Crippen molar-refractivity contribution in [1.82, 2.24) is 10.2 Å². The lowest BCUT2D eigenvalue weighted by Gasteiger charge is -2.24. The predicted octanol–water partition coefficient (Wildman–Crippen LogP) is 2.17. The van der Waals surface area contributed by atoms with Gasteiger partial charge in [0.15, 0.2) is 0 Å². The second kappa shape index (κ2) is 7.54. The highest BCUT2D eigenvalue weighted by Gasteiger charge is 2.22. The van der Waals surface area contributed by atoms with Gasteiger partial charge in [-0.3, -0.25) is 0 Å². The molecule has 0 bridgehead atoms. The summed E-state index contributed by atoms with van der Waals surface area (Å²) in [6.45, 7) is 0.0311. The van der Waals surface area contributed by atoms with E-state index in [0.29, 0.717) is 12.3 Å². The van der Waals surface area contributed by atoms with Gasteiger partial charge in [0, 0.05) is 6.54 Å². The molecule has 1 aliphatic rings. The van der Waals surface area contributed by atoms with Crippen LogP contribution in [-0.2, 0) is 0 Å². The molecule has 100 valence electrons. The number of hydrogen-bond donors (Lipinski definition) is 2. The van der Waals surface area contributed by atoms with Gasteiger partial charge >= 0.3 is 12.1 Å². The molecule has 0 spiro atoms. The molecule has 3 amide bonds. The average Bonchev–Trinajstić information content (AvgIpc) is 2.37. The SMILES string of the molecule is N#CCNC(=O)N(CCC1CCCCC1)C(=O)O. The summed E-state index contributed by atoms with van der Waals surface area (Å²) >= 11 is 0. The van der Waals surface area contributed by atoms with Gasteiger partial charge in [-0.25, -0.2) is 14.5 Å². The molecule has 0 aromatic carbocycles. The second-order valence-corrected chi connectivity index (χ2v) is 4.54. The summed E-state index contributed by atoms with van der Waals surface area (Å²) in [5, 5.41) is 19.5. The summed E-state index contributed by atoms with van der Waals surface area (Å²) in [5.74, 6) is 0.518. The summed E-state index contributed by atoms with van der Waals surface area (Å²) in [6, 6.07) is 1.04. The van der Waals surface area contributed by atoms with Crippen LogP contribution in [0.25, 0.3) is 0 Å². The number of rotatable bonds is 4. The van der Waals surface area contributed by atoms with E-state index in [-0.39, 0.29) is 13.1 Å². The molecule has 0 aromatic heterocycles. The minimum absolute atomic E-state index is 0.175. The molecule has 6 nitrogen and oxygen atoms in total. The number of carboxylic acid groups (broad SMARTS) is 1. The van der Waals surface area contributed by atoms with E-state index in [1.807, 2.05) is 0 Å². The fraction of sp³-hybridized carbons (Fsp3) is 0.750. The molecule has 0 unspecified atom stereocenters. The zero-order valence-corrected chi connectivity index (χ0v) is 10.4. The van der Waals surface area contributed by atoms with E-state index in [4.69, 9.17) is 10.4 Å². The lowest BCUT2D eigenvalue weighted by molar-refractivity contribution is 0.144. The normalized spacial score (nSPS) is 15.7. The van der Waals surface area contributed by atoms with Gasteiger partial charge in [0.1, 0.15) is 6.54 Å². The third-order valence-electron chi connectivity index (χ3n) is 3.28. The number of nitrogens with one attached hydrogen (secondary N) is 1. The van der Waals surface area contributed by atoms with Crippen LogP contribution in [0.4, 0.5) is 9.59 Å². The third-order valence-corrected chi connectivity index (χ3v) is 3.28. The van der Waals surface area contributed by atoms with Crippen LogP contribution < -0.4 is 5.32 Å². The van der Waals surface area contributed by atoms with Crippen LogP contribution in [0, 0.1) is 17.2 Å². The number of urea groups is 1. The van der Waals surface area contributed by atoms with Crippen LogP contribution >= 0.6 is 0 Å². The van der Waals surface area contributed by atoms with Crippen molar-refractivity contribution in [2.75, 3.05) is 13.1 Å². The Labute approximate surface area is 107 Å². The van der Waals surface area contributed by atoms with Crippen molar-refractivity contribution in [2.24, 2.45) is 5.92 Å². The van der Waals surface area contributed by atoms with E-state index in [9.17, 15) is 9.59 Å². The van der Waals surface area contributed by atoms with Crippen molar-refractivity contribution >= 4 is 12.1 Å². The first kappa shape index (κ1) is 14.3. The quantitative estimate of drug-likeness (QED) is 0.751. The van der Waals surface area contributed by atoms with Gasteiger partial charge in [-0.1, -0.05) is 32.1 Å². The number of nitriles is 1.